The number of hydrogen-bond donors (Lipinski definition) is 0. The molecule has 0 saturated carbocycles. The fourth-order valence-electron chi connectivity index (χ4n) is 8.84. The highest BCUT2D eigenvalue weighted by Gasteiger charge is 2.51. The van der Waals surface area contributed by atoms with Gasteiger partial charge in [0.05, 0.1) is 34.4 Å². The first-order chi connectivity index (χ1) is 24.7. The number of benzene rings is 7. The van der Waals surface area contributed by atoms with E-state index in [1.807, 2.05) is 0 Å². The number of allylic oxidation sites excluding steroid dienone is 2. The van der Waals surface area contributed by atoms with Crippen LogP contribution in [0.1, 0.15) is 40.3 Å². The smallest absolute Gasteiger partial charge is 0.0729 e. The molecule has 10 rings (SSSR count). The fraction of sp³-hybridized carbons (Fsp3) is 0.0625. The maximum atomic E-state index is 5.51. The monoisotopic (exact) mass is 638 g/mol. The van der Waals surface area contributed by atoms with Crippen molar-refractivity contribution in [2.75, 3.05) is 0 Å². The average Bonchev–Trinajstić information content (AvgIpc) is 3.66. The highest BCUT2D eigenvalue weighted by molar-refractivity contribution is 6.34. The van der Waals surface area contributed by atoms with Crippen molar-refractivity contribution in [3.63, 3.8) is 0 Å². The third kappa shape index (κ3) is 3.99. The van der Waals surface area contributed by atoms with Crippen LogP contribution in [-0.4, -0.2) is 10.3 Å². The van der Waals surface area contributed by atoms with Crippen LogP contribution in [0.25, 0.3) is 44.2 Å². The second-order valence-electron chi connectivity index (χ2n) is 13.5. The van der Waals surface area contributed by atoms with Crippen LogP contribution in [0.5, 0.6) is 0 Å². The van der Waals surface area contributed by atoms with Gasteiger partial charge in [0.1, 0.15) is 0 Å². The number of aliphatic imine (C=N–C) groups is 1. The molecule has 2 heteroatoms. The van der Waals surface area contributed by atoms with Gasteiger partial charge in [0.15, 0.2) is 0 Å². The largest absolute Gasteiger partial charge is 0.309 e. The topological polar surface area (TPSA) is 17.3 Å². The van der Waals surface area contributed by atoms with Crippen LogP contribution in [0.4, 0.5) is 0 Å². The molecular weight excluding hydrogens is 605 g/mol. The average molecular weight is 639 g/mol. The van der Waals surface area contributed by atoms with Crippen LogP contribution in [0.3, 0.4) is 0 Å². The summed E-state index contributed by atoms with van der Waals surface area (Å²) in [6, 6.07) is 64.1. The van der Waals surface area contributed by atoms with E-state index >= 15 is 0 Å². The molecule has 50 heavy (non-hydrogen) atoms. The molecular formula is C48H34N2. The van der Waals surface area contributed by atoms with Crippen LogP contribution in [0.15, 0.2) is 186 Å². The molecule has 236 valence electrons. The highest BCUT2D eigenvalue weighted by Crippen LogP contribution is 2.60. The molecule has 2 aliphatic rings. The number of rotatable bonds is 5. The summed E-state index contributed by atoms with van der Waals surface area (Å²) < 4.78 is 2.50. The molecule has 1 aliphatic carbocycles. The minimum Gasteiger partial charge on any atom is -0.309 e. The zero-order valence-corrected chi connectivity index (χ0v) is 27.8. The molecule has 1 unspecified atom stereocenters. The number of hydrogen-bond acceptors (Lipinski definition) is 1. The van der Waals surface area contributed by atoms with Gasteiger partial charge >= 0.3 is 0 Å². The Labute approximate surface area is 292 Å². The number of fused-ring (bicyclic) bond motifs is 9. The third-order valence-electron chi connectivity index (χ3n) is 11.0. The van der Waals surface area contributed by atoms with Crippen molar-refractivity contribution in [2.24, 2.45) is 4.99 Å². The van der Waals surface area contributed by atoms with Crippen LogP contribution in [-0.2, 0) is 12.0 Å². The van der Waals surface area contributed by atoms with Crippen LogP contribution in [0, 0.1) is 0 Å². The van der Waals surface area contributed by atoms with Gasteiger partial charge in [-0.05, 0) is 63.6 Å². The summed E-state index contributed by atoms with van der Waals surface area (Å²) in [6.45, 7) is 2.96. The molecule has 0 fully saturated rings. The third-order valence-corrected chi connectivity index (χ3v) is 11.0. The van der Waals surface area contributed by atoms with Gasteiger partial charge in [0.25, 0.3) is 0 Å². The molecule has 1 aromatic heterocycles. The predicted octanol–water partition coefficient (Wildman–Crippen LogP) is 11.6. The Hall–Kier alpha value is -6.25. The van der Waals surface area contributed by atoms with Gasteiger partial charge in [-0.3, -0.25) is 4.99 Å². The first-order valence-corrected chi connectivity index (χ1v) is 17.4. The van der Waals surface area contributed by atoms with E-state index in [9.17, 15) is 0 Å². The Kier molecular flexibility index (Phi) is 6.41. The summed E-state index contributed by atoms with van der Waals surface area (Å²) in [6.07, 6.45) is 0. The quantitative estimate of drug-likeness (QED) is 0.167. The normalized spacial score (nSPS) is 16.3. The van der Waals surface area contributed by atoms with Gasteiger partial charge in [-0.1, -0.05) is 164 Å². The molecule has 1 spiro atoms. The molecule has 0 radical (unpaired) electrons. The lowest BCUT2D eigenvalue weighted by atomic mass is 9.65. The number of aromatic nitrogens is 1. The maximum Gasteiger partial charge on any atom is 0.0729 e. The van der Waals surface area contributed by atoms with Gasteiger partial charge in [0.2, 0.25) is 0 Å². The van der Waals surface area contributed by atoms with Crippen LogP contribution < -0.4 is 0 Å². The van der Waals surface area contributed by atoms with Crippen molar-refractivity contribution in [3.8, 4) is 16.8 Å². The van der Waals surface area contributed by atoms with Gasteiger partial charge in [-0.2, -0.15) is 0 Å². The molecule has 2 nitrogen and oxygen atoms in total. The lowest BCUT2D eigenvalue weighted by Crippen LogP contribution is -2.33. The minimum atomic E-state index is -0.482. The van der Waals surface area contributed by atoms with Crippen molar-refractivity contribution in [2.45, 2.75) is 18.9 Å². The lowest BCUT2D eigenvalue weighted by molar-refractivity contribution is 0.726. The fourth-order valence-corrected chi connectivity index (χ4v) is 8.84. The van der Waals surface area contributed by atoms with Gasteiger partial charge in [-0.15, -0.1) is 0 Å². The molecule has 7 aromatic carbocycles. The van der Waals surface area contributed by atoms with Crippen molar-refractivity contribution in [3.05, 3.63) is 215 Å². The summed E-state index contributed by atoms with van der Waals surface area (Å²) >= 11 is 0. The molecule has 8 aromatic rings. The Balaban J connectivity index is 1.28. The molecule has 0 N–H and O–H groups in total. The standard InChI is InChI=1S/C48H34N2/c1-32-45(46(49-31-33-15-4-2-5-16-33)36-29-27-35(28-30-36)34-17-6-3-7-18-34)39-20-8-10-22-40(39)48(32)41-23-11-13-26-44(41)50-43-25-12-9-19-37(43)38-21-14-24-42(48)47(38)50/h2-30H,31H2,1H3. The van der Waals surface area contributed by atoms with Gasteiger partial charge in [-0.25, -0.2) is 0 Å². The summed E-state index contributed by atoms with van der Waals surface area (Å²) in [7, 11) is 0. The SMILES string of the molecule is CC1=C(C(=NCc2ccccc2)c2ccc(-c3ccccc3)cc2)c2ccccc2C12c1ccccc1-n1c3ccccc3c3cccc2c31. The summed E-state index contributed by atoms with van der Waals surface area (Å²) in [5, 5.41) is 2.58. The van der Waals surface area contributed by atoms with E-state index in [2.05, 4.69) is 187 Å². The Morgan fingerprint density at radius 3 is 1.98 bits per heavy atom. The molecule has 2 heterocycles. The zero-order chi connectivity index (χ0) is 33.2. The first-order valence-electron chi connectivity index (χ1n) is 17.4. The summed E-state index contributed by atoms with van der Waals surface area (Å²) in [4.78, 5) is 5.51. The van der Waals surface area contributed by atoms with E-state index in [1.54, 1.807) is 0 Å². The molecule has 1 aliphatic heterocycles. The molecule has 0 bridgehead atoms. The summed E-state index contributed by atoms with van der Waals surface area (Å²) in [5.41, 5.74) is 16.8. The van der Waals surface area contributed by atoms with Crippen LogP contribution >= 0.6 is 0 Å². The van der Waals surface area contributed by atoms with Gasteiger partial charge < -0.3 is 4.57 Å². The van der Waals surface area contributed by atoms with Gasteiger partial charge in [0, 0.05) is 21.9 Å². The van der Waals surface area contributed by atoms with E-state index in [-0.39, 0.29) is 0 Å². The van der Waals surface area contributed by atoms with E-state index < -0.39 is 5.41 Å². The van der Waals surface area contributed by atoms with Crippen LogP contribution in [0.2, 0.25) is 0 Å². The minimum absolute atomic E-state index is 0.482. The second-order valence-corrected chi connectivity index (χ2v) is 13.5. The number of para-hydroxylation sites is 3. The summed E-state index contributed by atoms with van der Waals surface area (Å²) in [5.74, 6) is 0. The lowest BCUT2D eigenvalue weighted by Gasteiger charge is -2.40. The van der Waals surface area contributed by atoms with E-state index in [4.69, 9.17) is 4.99 Å². The maximum absolute atomic E-state index is 5.51. The Morgan fingerprint density at radius 2 is 1.16 bits per heavy atom. The Bertz CT molecular complexity index is 2660. The molecule has 1 atom stereocenters. The highest BCUT2D eigenvalue weighted by atomic mass is 15.0. The van der Waals surface area contributed by atoms with E-state index in [1.165, 1.54) is 77.6 Å². The number of nitrogens with zero attached hydrogens (tertiary/aromatic N) is 2. The predicted molar refractivity (Wildman–Crippen MR) is 208 cm³/mol. The van der Waals surface area contributed by atoms with Crippen molar-refractivity contribution < 1.29 is 0 Å². The van der Waals surface area contributed by atoms with E-state index in [0.717, 1.165) is 11.3 Å². The molecule has 0 amide bonds. The van der Waals surface area contributed by atoms with Crippen molar-refractivity contribution in [1.82, 2.24) is 4.57 Å². The Morgan fingerprint density at radius 1 is 0.540 bits per heavy atom. The van der Waals surface area contributed by atoms with E-state index in [0.29, 0.717) is 6.54 Å². The zero-order valence-electron chi connectivity index (χ0n) is 27.8. The first kappa shape index (κ1) is 28.7. The molecule has 0 saturated heterocycles. The van der Waals surface area contributed by atoms with Crippen molar-refractivity contribution in [1.29, 1.82) is 0 Å². The van der Waals surface area contributed by atoms with Crippen molar-refractivity contribution >= 4 is 33.1 Å². The second kappa shape index (κ2) is 11.1.